The van der Waals surface area contributed by atoms with Crippen molar-refractivity contribution >= 4 is 50.8 Å². The van der Waals surface area contributed by atoms with Crippen LogP contribution < -0.4 is 10.0 Å². The van der Waals surface area contributed by atoms with Gasteiger partial charge in [-0.3, -0.25) is 4.79 Å². The van der Waals surface area contributed by atoms with Crippen LogP contribution >= 0.6 is 23.2 Å². The third kappa shape index (κ3) is 4.94. The van der Waals surface area contributed by atoms with Gasteiger partial charge in [0.25, 0.3) is 10.0 Å². The second-order valence-corrected chi connectivity index (χ2v) is 10.6. The first-order valence-electron chi connectivity index (χ1n) is 9.19. The Bertz CT molecular complexity index is 1090. The summed E-state index contributed by atoms with van der Waals surface area (Å²) in [6, 6.07) is 7.63. The minimum Gasteiger partial charge on any atom is -0.326 e. The number of aryl methyl sites for hydroxylation is 2. The first-order valence-corrected chi connectivity index (χ1v) is 11.4. The molecule has 1 aromatic carbocycles. The Hall–Kier alpha value is -2.16. The lowest BCUT2D eigenvalue weighted by molar-refractivity contribution is -0.118. The van der Waals surface area contributed by atoms with Crippen LogP contribution in [-0.2, 0) is 14.8 Å². The Balaban J connectivity index is 1.70. The Morgan fingerprint density at radius 2 is 1.67 bits per heavy atom. The summed E-state index contributed by atoms with van der Waals surface area (Å²) in [6.45, 7) is 7.44. The Labute approximate surface area is 186 Å². The minimum absolute atomic E-state index is 0.0119. The van der Waals surface area contributed by atoms with Gasteiger partial charge >= 0.3 is 0 Å². The maximum Gasteiger partial charge on any atom is 0.264 e. The van der Waals surface area contributed by atoms with Crippen molar-refractivity contribution in [2.75, 3.05) is 10.0 Å². The number of sulfonamides is 1. The molecule has 2 N–H and O–H groups in total. The quantitative estimate of drug-likeness (QED) is 0.652. The number of nitrogens with zero attached hydrogens (tertiary/aromatic N) is 2. The fraction of sp³-hybridized carbons (Fsp3) is 0.350. The Kier molecular flexibility index (Phi) is 6.13. The van der Waals surface area contributed by atoms with E-state index in [4.69, 9.17) is 23.2 Å². The van der Waals surface area contributed by atoms with E-state index in [1.165, 1.54) is 24.3 Å². The lowest BCUT2D eigenvalue weighted by atomic mass is 10.1. The number of aromatic nitrogens is 2. The molecule has 1 saturated carbocycles. The smallest absolute Gasteiger partial charge is 0.264 e. The largest absolute Gasteiger partial charge is 0.326 e. The number of hydrogen-bond donors (Lipinski definition) is 2. The summed E-state index contributed by atoms with van der Waals surface area (Å²) in [5.41, 5.74) is 1.55. The molecule has 1 aliphatic carbocycles. The van der Waals surface area contributed by atoms with Crippen LogP contribution in [0.3, 0.4) is 0 Å². The van der Waals surface area contributed by atoms with Gasteiger partial charge in [-0.25, -0.2) is 23.1 Å². The number of carbonyl (C=O) groups excluding carboxylic acids is 1. The number of hydrogen-bond acceptors (Lipinski definition) is 5. The van der Waals surface area contributed by atoms with Gasteiger partial charge in [0.05, 0.1) is 10.8 Å². The molecule has 7 nitrogen and oxygen atoms in total. The molecule has 0 aliphatic heterocycles. The van der Waals surface area contributed by atoms with Crippen molar-refractivity contribution in [2.24, 2.45) is 17.3 Å². The van der Waals surface area contributed by atoms with Gasteiger partial charge in [-0.2, -0.15) is 0 Å². The molecule has 1 aromatic heterocycles. The van der Waals surface area contributed by atoms with E-state index in [-0.39, 0.29) is 38.5 Å². The molecule has 0 radical (unpaired) electrons. The van der Waals surface area contributed by atoms with Crippen molar-refractivity contribution in [2.45, 2.75) is 32.6 Å². The van der Waals surface area contributed by atoms with Crippen molar-refractivity contribution in [3.63, 3.8) is 0 Å². The van der Waals surface area contributed by atoms with Crippen molar-refractivity contribution < 1.29 is 13.2 Å². The van der Waals surface area contributed by atoms with Crippen molar-refractivity contribution in [3.8, 4) is 0 Å². The van der Waals surface area contributed by atoms with Gasteiger partial charge in [-0.15, -0.1) is 0 Å². The monoisotopic (exact) mass is 468 g/mol. The number of nitrogens with one attached hydrogen (secondary N) is 2. The average molecular weight is 469 g/mol. The van der Waals surface area contributed by atoms with Crippen LogP contribution in [0.2, 0.25) is 0 Å². The zero-order chi connectivity index (χ0) is 22.3. The van der Waals surface area contributed by atoms with Crippen LogP contribution in [-0.4, -0.2) is 24.3 Å². The van der Waals surface area contributed by atoms with Crippen molar-refractivity contribution in [1.29, 1.82) is 0 Å². The average Bonchev–Trinajstić information content (AvgIpc) is 3.13. The minimum atomic E-state index is -3.86. The molecule has 1 fully saturated rings. The van der Waals surface area contributed by atoms with Crippen LogP contribution in [0.4, 0.5) is 11.6 Å². The second-order valence-electron chi connectivity index (χ2n) is 7.87. The summed E-state index contributed by atoms with van der Waals surface area (Å²) in [7, 11) is -3.86. The van der Waals surface area contributed by atoms with Gasteiger partial charge in [0.15, 0.2) is 0 Å². The first-order chi connectivity index (χ1) is 13.9. The lowest BCUT2D eigenvalue weighted by Gasteiger charge is -2.10. The number of halogens is 2. The second kappa shape index (κ2) is 8.17. The molecule has 30 heavy (non-hydrogen) atoms. The standard InChI is InChI=1S/C20H22Cl2N4O3S/c1-11-9-12(2)24-19(23-11)26-30(28,29)14-7-5-13(6-8-14)25-18(27)17-15(10-16(21)22)20(17,3)4/h5-10,15,17H,1-4H3,(H,25,27)(H,23,24,26)/t15-,17+/m0/s1. The molecule has 160 valence electrons. The molecule has 1 amide bonds. The molecule has 0 bridgehead atoms. The molecular formula is C20H22Cl2N4O3S. The van der Waals surface area contributed by atoms with E-state index in [1.807, 2.05) is 13.8 Å². The highest BCUT2D eigenvalue weighted by Gasteiger charge is 2.60. The van der Waals surface area contributed by atoms with Crippen LogP contribution in [0.25, 0.3) is 0 Å². The molecule has 10 heteroatoms. The van der Waals surface area contributed by atoms with Gasteiger partial charge in [0.1, 0.15) is 4.49 Å². The molecular weight excluding hydrogens is 447 g/mol. The van der Waals surface area contributed by atoms with E-state index in [2.05, 4.69) is 20.0 Å². The normalized spacial score (nSPS) is 19.7. The lowest BCUT2D eigenvalue weighted by Crippen LogP contribution is -2.18. The molecule has 3 rings (SSSR count). The Morgan fingerprint density at radius 3 is 2.20 bits per heavy atom. The summed E-state index contributed by atoms with van der Waals surface area (Å²) in [6.07, 6.45) is 1.67. The summed E-state index contributed by atoms with van der Waals surface area (Å²) in [5, 5.41) is 2.81. The van der Waals surface area contributed by atoms with E-state index in [0.29, 0.717) is 17.1 Å². The van der Waals surface area contributed by atoms with E-state index in [0.717, 1.165) is 0 Å². The first kappa shape index (κ1) is 22.5. The molecule has 2 aromatic rings. The topological polar surface area (TPSA) is 101 Å². The van der Waals surface area contributed by atoms with E-state index in [9.17, 15) is 13.2 Å². The van der Waals surface area contributed by atoms with Gasteiger partial charge in [-0.1, -0.05) is 37.0 Å². The number of benzene rings is 1. The predicted molar refractivity (Wildman–Crippen MR) is 118 cm³/mol. The summed E-state index contributed by atoms with van der Waals surface area (Å²) in [5.74, 6) is -0.480. The number of anilines is 2. The van der Waals surface area contributed by atoms with Crippen LogP contribution in [0.1, 0.15) is 25.2 Å². The summed E-state index contributed by atoms with van der Waals surface area (Å²) >= 11 is 11.5. The van der Waals surface area contributed by atoms with Crippen LogP contribution in [0.15, 0.2) is 45.8 Å². The van der Waals surface area contributed by atoms with Gasteiger partial charge < -0.3 is 5.32 Å². The third-order valence-corrected chi connectivity index (χ3v) is 6.73. The third-order valence-electron chi connectivity index (χ3n) is 5.14. The molecule has 2 atom stereocenters. The van der Waals surface area contributed by atoms with Gasteiger partial charge in [-0.05, 0) is 61.6 Å². The summed E-state index contributed by atoms with van der Waals surface area (Å²) in [4.78, 5) is 20.8. The molecule has 1 heterocycles. The highest BCUT2D eigenvalue weighted by Crippen LogP contribution is 2.60. The van der Waals surface area contributed by atoms with Crippen molar-refractivity contribution in [1.82, 2.24) is 9.97 Å². The van der Waals surface area contributed by atoms with Gasteiger partial charge in [0.2, 0.25) is 11.9 Å². The zero-order valence-corrected chi connectivity index (χ0v) is 19.2. The molecule has 0 spiro atoms. The van der Waals surface area contributed by atoms with E-state index in [1.54, 1.807) is 26.0 Å². The van der Waals surface area contributed by atoms with Crippen molar-refractivity contribution in [3.05, 3.63) is 52.3 Å². The fourth-order valence-electron chi connectivity index (χ4n) is 3.51. The fourth-order valence-corrected chi connectivity index (χ4v) is 4.73. The number of amides is 1. The van der Waals surface area contributed by atoms with E-state index < -0.39 is 10.0 Å². The zero-order valence-electron chi connectivity index (χ0n) is 16.9. The van der Waals surface area contributed by atoms with Gasteiger partial charge in [0, 0.05) is 17.1 Å². The molecule has 0 unspecified atom stereocenters. The maximum absolute atomic E-state index is 12.6. The highest BCUT2D eigenvalue weighted by atomic mass is 35.5. The molecule has 1 aliphatic rings. The SMILES string of the molecule is Cc1cc(C)nc(NS(=O)(=O)c2ccc(NC(=O)[C@H]3[C@H](C=C(Cl)Cl)C3(C)C)cc2)n1. The number of carbonyl (C=O) groups is 1. The maximum atomic E-state index is 12.6. The van der Waals surface area contributed by atoms with Crippen LogP contribution in [0, 0.1) is 31.1 Å². The summed E-state index contributed by atoms with van der Waals surface area (Å²) < 4.78 is 27.7. The van der Waals surface area contributed by atoms with E-state index >= 15 is 0 Å². The predicted octanol–water partition coefficient (Wildman–Crippen LogP) is 4.42. The molecule has 0 saturated heterocycles. The Morgan fingerprint density at radius 1 is 1.10 bits per heavy atom. The van der Waals surface area contributed by atoms with Crippen LogP contribution in [0.5, 0.6) is 0 Å². The number of allylic oxidation sites excluding steroid dienone is 1. The highest BCUT2D eigenvalue weighted by molar-refractivity contribution is 7.92. The number of rotatable bonds is 6.